The topological polar surface area (TPSA) is 46.9 Å². The minimum Gasteiger partial charge on any atom is -0.385 e. The molecule has 0 fully saturated rings. The molecule has 108 valence electrons. The third-order valence-corrected chi connectivity index (χ3v) is 4.20. The van der Waals surface area contributed by atoms with Gasteiger partial charge in [0.25, 0.3) is 5.56 Å². The molecule has 0 aliphatic heterocycles. The monoisotopic (exact) mass is 299 g/mol. The summed E-state index contributed by atoms with van der Waals surface area (Å²) in [5, 5.41) is 6.06. The van der Waals surface area contributed by atoms with Crippen LogP contribution in [0.1, 0.15) is 19.0 Å². The molecule has 0 aliphatic carbocycles. The first kappa shape index (κ1) is 13.8. The maximum absolute atomic E-state index is 12.4. The zero-order valence-electron chi connectivity index (χ0n) is 11.9. The summed E-state index contributed by atoms with van der Waals surface area (Å²) in [4.78, 5) is 16.7. The lowest BCUT2D eigenvalue weighted by Gasteiger charge is -2.08. The number of hydrogen-bond donors (Lipinski definition) is 1. The average Bonchev–Trinajstić information content (AvgIpc) is 2.98. The van der Waals surface area contributed by atoms with Crippen LogP contribution in [0.2, 0.25) is 0 Å². The third kappa shape index (κ3) is 2.97. The van der Waals surface area contributed by atoms with Crippen molar-refractivity contribution in [3.63, 3.8) is 0 Å². The molecule has 0 aliphatic rings. The highest BCUT2D eigenvalue weighted by Gasteiger charge is 2.05. The van der Waals surface area contributed by atoms with Crippen LogP contribution >= 0.6 is 11.3 Å². The van der Waals surface area contributed by atoms with Gasteiger partial charge in [-0.05, 0) is 36.1 Å². The highest BCUT2D eigenvalue weighted by atomic mass is 32.1. The Labute approximate surface area is 127 Å². The van der Waals surface area contributed by atoms with Crippen molar-refractivity contribution < 1.29 is 0 Å². The zero-order valence-corrected chi connectivity index (χ0v) is 12.7. The fourth-order valence-electron chi connectivity index (χ4n) is 2.25. The van der Waals surface area contributed by atoms with E-state index >= 15 is 0 Å². The first-order valence-corrected chi connectivity index (χ1v) is 7.91. The molecule has 3 rings (SSSR count). The fourth-order valence-corrected chi connectivity index (χ4v) is 3.02. The molecule has 1 N–H and O–H groups in total. The van der Waals surface area contributed by atoms with Gasteiger partial charge in [0.2, 0.25) is 0 Å². The van der Waals surface area contributed by atoms with E-state index in [0.29, 0.717) is 6.54 Å². The Hall–Kier alpha value is -2.14. The lowest BCUT2D eigenvalue weighted by atomic mass is 10.3. The van der Waals surface area contributed by atoms with Crippen LogP contribution in [-0.4, -0.2) is 16.1 Å². The van der Waals surface area contributed by atoms with Gasteiger partial charge in [-0.2, -0.15) is 0 Å². The summed E-state index contributed by atoms with van der Waals surface area (Å²) < 4.78 is 2.74. The van der Waals surface area contributed by atoms with E-state index < -0.39 is 0 Å². The van der Waals surface area contributed by atoms with Crippen molar-refractivity contribution in [2.24, 2.45) is 0 Å². The predicted molar refractivity (Wildman–Crippen MR) is 88.2 cm³/mol. The van der Waals surface area contributed by atoms with Crippen LogP contribution in [0.3, 0.4) is 0 Å². The molecular weight excluding hydrogens is 282 g/mol. The smallest absolute Gasteiger partial charge is 0.259 e. The summed E-state index contributed by atoms with van der Waals surface area (Å²) in [5.41, 5.74) is 1.97. The van der Waals surface area contributed by atoms with Crippen LogP contribution in [0.15, 0.2) is 46.8 Å². The minimum absolute atomic E-state index is 0.0440. The molecule has 0 unspecified atom stereocenters. The molecular formula is C16H17N3OS. The van der Waals surface area contributed by atoms with E-state index in [4.69, 9.17) is 0 Å². The van der Waals surface area contributed by atoms with Gasteiger partial charge in [-0.3, -0.25) is 9.78 Å². The number of rotatable bonds is 5. The lowest BCUT2D eigenvalue weighted by Crippen LogP contribution is -2.20. The van der Waals surface area contributed by atoms with Crippen molar-refractivity contribution in [1.82, 2.24) is 9.55 Å². The molecule has 0 saturated carbocycles. The number of fused-ring (bicyclic) bond motifs is 1. The van der Waals surface area contributed by atoms with E-state index in [2.05, 4.69) is 17.2 Å². The predicted octanol–water partition coefficient (Wildman–Crippen LogP) is 3.33. The van der Waals surface area contributed by atoms with E-state index in [1.165, 1.54) is 0 Å². The van der Waals surface area contributed by atoms with Gasteiger partial charge in [0.1, 0.15) is 0 Å². The fraction of sp³-hybridized carbons (Fsp3) is 0.250. The number of thiophene rings is 1. The number of pyridine rings is 2. The van der Waals surface area contributed by atoms with Crippen molar-refractivity contribution in [1.29, 1.82) is 0 Å². The minimum atomic E-state index is 0.0440. The summed E-state index contributed by atoms with van der Waals surface area (Å²) in [6.07, 6.45) is 4.70. The zero-order chi connectivity index (χ0) is 14.7. The Bertz CT molecular complexity index is 806. The van der Waals surface area contributed by atoms with Gasteiger partial charge in [-0.15, -0.1) is 11.3 Å². The maximum Gasteiger partial charge on any atom is 0.259 e. The lowest BCUT2D eigenvalue weighted by molar-refractivity contribution is 0.747. The summed E-state index contributed by atoms with van der Waals surface area (Å²) in [7, 11) is 0. The second-order valence-corrected chi connectivity index (χ2v) is 5.86. The molecule has 5 heteroatoms. The van der Waals surface area contributed by atoms with Crippen molar-refractivity contribution in [2.75, 3.05) is 11.9 Å². The van der Waals surface area contributed by atoms with Crippen LogP contribution in [0.4, 0.5) is 5.69 Å². The van der Waals surface area contributed by atoms with Crippen molar-refractivity contribution in [2.45, 2.75) is 19.9 Å². The number of nitrogens with zero attached hydrogens (tertiary/aromatic N) is 2. The average molecular weight is 299 g/mol. The molecule has 0 saturated heterocycles. The van der Waals surface area contributed by atoms with Gasteiger partial charge in [-0.1, -0.05) is 6.92 Å². The van der Waals surface area contributed by atoms with Crippen molar-refractivity contribution >= 4 is 27.1 Å². The highest BCUT2D eigenvalue weighted by molar-refractivity contribution is 7.17. The van der Waals surface area contributed by atoms with Gasteiger partial charge >= 0.3 is 0 Å². The number of hydrogen-bond acceptors (Lipinski definition) is 4. The van der Waals surface area contributed by atoms with Gasteiger partial charge in [0.15, 0.2) is 0 Å². The Morgan fingerprint density at radius 2 is 2.24 bits per heavy atom. The van der Waals surface area contributed by atoms with Crippen LogP contribution in [0, 0.1) is 0 Å². The highest BCUT2D eigenvalue weighted by Crippen LogP contribution is 2.16. The SMILES string of the molecule is CCCNc1ccnc(Cn2ccc3sccc3c2=O)c1. The van der Waals surface area contributed by atoms with E-state index in [1.807, 2.05) is 35.8 Å². The van der Waals surface area contributed by atoms with E-state index in [9.17, 15) is 4.79 Å². The second kappa shape index (κ2) is 6.10. The molecule has 3 aromatic heterocycles. The molecule has 0 spiro atoms. The Morgan fingerprint density at radius 3 is 3.10 bits per heavy atom. The normalized spacial score (nSPS) is 10.9. The summed E-state index contributed by atoms with van der Waals surface area (Å²) in [6, 6.07) is 7.82. The second-order valence-electron chi connectivity index (χ2n) is 4.91. The first-order valence-electron chi connectivity index (χ1n) is 7.03. The Morgan fingerprint density at radius 1 is 1.33 bits per heavy atom. The first-order chi connectivity index (χ1) is 10.3. The Balaban J connectivity index is 1.88. The molecule has 21 heavy (non-hydrogen) atoms. The summed E-state index contributed by atoms with van der Waals surface area (Å²) in [5.74, 6) is 0. The number of aromatic nitrogens is 2. The van der Waals surface area contributed by atoms with Gasteiger partial charge in [0.05, 0.1) is 17.6 Å². The number of anilines is 1. The quantitative estimate of drug-likeness (QED) is 0.786. The van der Waals surface area contributed by atoms with Crippen LogP contribution in [-0.2, 0) is 6.54 Å². The summed E-state index contributed by atoms with van der Waals surface area (Å²) in [6.45, 7) is 3.56. The van der Waals surface area contributed by atoms with E-state index in [-0.39, 0.29) is 5.56 Å². The Kier molecular flexibility index (Phi) is 4.01. The molecule has 0 aromatic carbocycles. The molecule has 0 atom stereocenters. The number of nitrogens with one attached hydrogen (secondary N) is 1. The third-order valence-electron chi connectivity index (χ3n) is 3.32. The van der Waals surface area contributed by atoms with Crippen LogP contribution in [0.5, 0.6) is 0 Å². The molecule has 0 radical (unpaired) electrons. The van der Waals surface area contributed by atoms with Crippen LogP contribution in [0.25, 0.3) is 10.1 Å². The van der Waals surface area contributed by atoms with Crippen molar-refractivity contribution in [3.05, 3.63) is 58.1 Å². The molecule has 4 nitrogen and oxygen atoms in total. The van der Waals surface area contributed by atoms with E-state index in [1.54, 1.807) is 22.1 Å². The van der Waals surface area contributed by atoms with Gasteiger partial charge in [0, 0.05) is 29.3 Å². The van der Waals surface area contributed by atoms with E-state index in [0.717, 1.165) is 34.4 Å². The largest absolute Gasteiger partial charge is 0.385 e. The van der Waals surface area contributed by atoms with Crippen LogP contribution < -0.4 is 10.9 Å². The maximum atomic E-state index is 12.4. The van der Waals surface area contributed by atoms with Crippen molar-refractivity contribution in [3.8, 4) is 0 Å². The standard InChI is InChI=1S/C16H17N3OS/c1-2-6-17-12-3-7-18-13(10-12)11-19-8-4-15-14(16(19)20)5-9-21-15/h3-5,7-10H,2,6,11H2,1H3,(H,17,18). The van der Waals surface area contributed by atoms with Gasteiger partial charge < -0.3 is 9.88 Å². The molecule has 3 aromatic rings. The molecule has 0 bridgehead atoms. The molecule has 3 heterocycles. The van der Waals surface area contributed by atoms with Gasteiger partial charge in [-0.25, -0.2) is 0 Å². The summed E-state index contributed by atoms with van der Waals surface area (Å²) >= 11 is 1.59. The molecule has 0 amide bonds.